The Labute approximate surface area is 99.7 Å². The van der Waals surface area contributed by atoms with Crippen molar-refractivity contribution in [2.24, 2.45) is 0 Å². The van der Waals surface area contributed by atoms with E-state index in [0.29, 0.717) is 23.3 Å². The first-order valence-electron chi connectivity index (χ1n) is 5.10. The van der Waals surface area contributed by atoms with Crippen LogP contribution in [0.3, 0.4) is 0 Å². The van der Waals surface area contributed by atoms with Crippen LogP contribution < -0.4 is 0 Å². The number of benzene rings is 1. The van der Waals surface area contributed by atoms with Gasteiger partial charge in [0.05, 0.1) is 12.2 Å². The van der Waals surface area contributed by atoms with E-state index in [0.717, 1.165) is 0 Å². The third-order valence-electron chi connectivity index (χ3n) is 2.30. The number of hydrogen-bond acceptors (Lipinski definition) is 3. The quantitative estimate of drug-likeness (QED) is 0.441. The van der Waals surface area contributed by atoms with Crippen LogP contribution in [0.2, 0.25) is 0 Å². The fraction of sp³-hybridized carbons (Fsp3) is 0.214. The minimum atomic E-state index is -0.436. The van der Waals surface area contributed by atoms with E-state index in [9.17, 15) is 4.79 Å². The summed E-state index contributed by atoms with van der Waals surface area (Å²) in [6, 6.07) is 4.83. The minimum absolute atomic E-state index is 0.0434. The largest absolute Gasteiger partial charge is 0.459 e. The van der Waals surface area contributed by atoms with Crippen LogP contribution in [0, 0.1) is 24.7 Å². The molecular formula is C14H10O3. The van der Waals surface area contributed by atoms with Gasteiger partial charge in [-0.2, -0.15) is 0 Å². The lowest BCUT2D eigenvalue weighted by Crippen LogP contribution is -2.10. The molecule has 84 valence electrons. The molecule has 1 aliphatic rings. The second kappa shape index (κ2) is 4.74. The van der Waals surface area contributed by atoms with Crippen molar-refractivity contribution in [3.8, 4) is 24.7 Å². The first kappa shape index (κ1) is 11.3. The van der Waals surface area contributed by atoms with Crippen molar-refractivity contribution in [3.63, 3.8) is 0 Å². The van der Waals surface area contributed by atoms with Gasteiger partial charge in [-0.05, 0) is 18.2 Å². The van der Waals surface area contributed by atoms with Crippen LogP contribution >= 0.6 is 0 Å². The van der Waals surface area contributed by atoms with Crippen molar-refractivity contribution in [2.45, 2.75) is 6.10 Å². The molecule has 1 unspecified atom stereocenters. The summed E-state index contributed by atoms with van der Waals surface area (Å²) in [5.41, 5.74) is 1.50. The van der Waals surface area contributed by atoms with E-state index in [2.05, 4.69) is 11.8 Å². The maximum atomic E-state index is 11.7. The van der Waals surface area contributed by atoms with Gasteiger partial charge >= 0.3 is 5.97 Å². The molecule has 0 aromatic heterocycles. The van der Waals surface area contributed by atoms with Crippen LogP contribution in [0.15, 0.2) is 18.2 Å². The maximum Gasteiger partial charge on any atom is 0.338 e. The molecule has 2 rings (SSSR count). The lowest BCUT2D eigenvalue weighted by molar-refractivity contribution is 0.0476. The van der Waals surface area contributed by atoms with E-state index < -0.39 is 5.97 Å². The van der Waals surface area contributed by atoms with Crippen LogP contribution in [0.4, 0.5) is 0 Å². The Hall–Kier alpha value is -2.23. The Bertz CT molecular complexity index is 495. The molecule has 1 saturated heterocycles. The zero-order chi connectivity index (χ0) is 12.3. The van der Waals surface area contributed by atoms with Crippen LogP contribution in [0.25, 0.3) is 0 Å². The van der Waals surface area contributed by atoms with Crippen molar-refractivity contribution in [1.82, 2.24) is 0 Å². The molecule has 1 aromatic rings. The number of epoxide rings is 1. The highest BCUT2D eigenvalue weighted by molar-refractivity contribution is 5.90. The summed E-state index contributed by atoms with van der Waals surface area (Å²) >= 11 is 0. The third kappa shape index (κ3) is 2.87. The summed E-state index contributed by atoms with van der Waals surface area (Å²) in [5, 5.41) is 0. The van der Waals surface area contributed by atoms with Crippen LogP contribution in [0.5, 0.6) is 0 Å². The SMILES string of the molecule is C#Cc1cc(C#C)cc(C(=O)OCC2CO2)c1. The zero-order valence-corrected chi connectivity index (χ0v) is 9.10. The van der Waals surface area contributed by atoms with Crippen molar-refractivity contribution in [1.29, 1.82) is 0 Å². The van der Waals surface area contributed by atoms with Gasteiger partial charge in [0, 0.05) is 11.1 Å². The van der Waals surface area contributed by atoms with Gasteiger partial charge in [-0.25, -0.2) is 4.79 Å². The monoisotopic (exact) mass is 226 g/mol. The van der Waals surface area contributed by atoms with Gasteiger partial charge in [-0.1, -0.05) is 11.8 Å². The van der Waals surface area contributed by atoms with Gasteiger partial charge in [-0.15, -0.1) is 12.8 Å². The summed E-state index contributed by atoms with van der Waals surface area (Å²) in [6.45, 7) is 0.914. The van der Waals surface area contributed by atoms with Crippen molar-refractivity contribution in [2.75, 3.05) is 13.2 Å². The normalized spacial score (nSPS) is 16.7. The lowest BCUT2D eigenvalue weighted by atomic mass is 10.1. The first-order valence-corrected chi connectivity index (χ1v) is 5.10. The number of carbonyl (C=O) groups excluding carboxylic acids is 1. The van der Waals surface area contributed by atoms with E-state index in [1.807, 2.05) is 0 Å². The fourth-order valence-corrected chi connectivity index (χ4v) is 1.33. The first-order chi connectivity index (χ1) is 8.22. The minimum Gasteiger partial charge on any atom is -0.459 e. The Morgan fingerprint density at radius 1 is 1.35 bits per heavy atom. The summed E-state index contributed by atoms with van der Waals surface area (Å²) in [4.78, 5) is 11.7. The Morgan fingerprint density at radius 3 is 2.41 bits per heavy atom. The molecule has 17 heavy (non-hydrogen) atoms. The van der Waals surface area contributed by atoms with Gasteiger partial charge in [-0.3, -0.25) is 0 Å². The van der Waals surface area contributed by atoms with Gasteiger partial charge in [0.1, 0.15) is 12.7 Å². The topological polar surface area (TPSA) is 38.8 Å². The summed E-state index contributed by atoms with van der Waals surface area (Å²) in [7, 11) is 0. The molecule has 0 radical (unpaired) electrons. The fourth-order valence-electron chi connectivity index (χ4n) is 1.33. The number of esters is 1. The number of carbonyl (C=O) groups is 1. The van der Waals surface area contributed by atoms with E-state index in [4.69, 9.17) is 22.3 Å². The standard InChI is InChI=1S/C14H10O3/c1-3-10-5-11(4-2)7-12(6-10)14(15)17-9-13-8-16-13/h1-2,5-7,13H,8-9H2. The van der Waals surface area contributed by atoms with E-state index in [1.165, 1.54) is 0 Å². The zero-order valence-electron chi connectivity index (χ0n) is 9.10. The number of terminal acetylenes is 2. The predicted molar refractivity (Wildman–Crippen MR) is 62.3 cm³/mol. The summed E-state index contributed by atoms with van der Waals surface area (Å²) in [6.07, 6.45) is 10.6. The van der Waals surface area contributed by atoms with Crippen LogP contribution in [-0.4, -0.2) is 25.3 Å². The van der Waals surface area contributed by atoms with Gasteiger partial charge in [0.15, 0.2) is 0 Å². The number of ether oxygens (including phenoxy) is 2. The molecular weight excluding hydrogens is 216 g/mol. The molecule has 3 nitrogen and oxygen atoms in total. The van der Waals surface area contributed by atoms with Gasteiger partial charge < -0.3 is 9.47 Å². The maximum absolute atomic E-state index is 11.7. The lowest BCUT2D eigenvalue weighted by Gasteiger charge is -2.04. The van der Waals surface area contributed by atoms with E-state index >= 15 is 0 Å². The summed E-state index contributed by atoms with van der Waals surface area (Å²) < 4.78 is 9.99. The molecule has 0 amide bonds. The molecule has 1 aromatic carbocycles. The predicted octanol–water partition coefficient (Wildman–Crippen LogP) is 1.20. The molecule has 1 heterocycles. The van der Waals surface area contributed by atoms with Crippen LogP contribution in [0.1, 0.15) is 21.5 Å². The Morgan fingerprint density at radius 2 is 1.94 bits per heavy atom. The average molecular weight is 226 g/mol. The highest BCUT2D eigenvalue weighted by Gasteiger charge is 2.24. The van der Waals surface area contributed by atoms with Crippen molar-refractivity contribution < 1.29 is 14.3 Å². The second-order valence-electron chi connectivity index (χ2n) is 3.64. The molecule has 0 bridgehead atoms. The molecule has 1 fully saturated rings. The molecule has 1 atom stereocenters. The summed E-state index contributed by atoms with van der Waals surface area (Å²) in [5.74, 6) is 4.46. The second-order valence-corrected chi connectivity index (χ2v) is 3.64. The molecule has 1 aliphatic heterocycles. The molecule has 0 N–H and O–H groups in total. The number of rotatable bonds is 3. The van der Waals surface area contributed by atoms with E-state index in [1.54, 1.807) is 18.2 Å². The molecule has 3 heteroatoms. The highest BCUT2D eigenvalue weighted by atomic mass is 16.6. The number of hydrogen-bond donors (Lipinski definition) is 0. The smallest absolute Gasteiger partial charge is 0.338 e. The Balaban J connectivity index is 2.15. The van der Waals surface area contributed by atoms with Crippen molar-refractivity contribution in [3.05, 3.63) is 34.9 Å². The molecule has 0 spiro atoms. The van der Waals surface area contributed by atoms with E-state index in [-0.39, 0.29) is 12.7 Å². The Kier molecular flexibility index (Phi) is 3.14. The average Bonchev–Trinajstić information content (AvgIpc) is 3.19. The van der Waals surface area contributed by atoms with Crippen LogP contribution in [-0.2, 0) is 9.47 Å². The van der Waals surface area contributed by atoms with Gasteiger partial charge in [0.2, 0.25) is 0 Å². The van der Waals surface area contributed by atoms with Gasteiger partial charge in [0.25, 0.3) is 0 Å². The third-order valence-corrected chi connectivity index (χ3v) is 2.30. The van der Waals surface area contributed by atoms with Crippen molar-refractivity contribution >= 4 is 5.97 Å². The highest BCUT2D eigenvalue weighted by Crippen LogP contribution is 2.13. The molecule has 0 aliphatic carbocycles. The molecule has 0 saturated carbocycles.